The second kappa shape index (κ2) is 8.21. The number of nitrogens with two attached hydrogens (primary N) is 2. The number of morpholine rings is 1. The predicted molar refractivity (Wildman–Crippen MR) is 101 cm³/mol. The fourth-order valence-electron chi connectivity index (χ4n) is 2.79. The maximum absolute atomic E-state index is 13.5. The van der Waals surface area contributed by atoms with Crippen molar-refractivity contribution < 1.29 is 13.5 Å². The Morgan fingerprint density at radius 3 is 2.86 bits per heavy atom. The number of nitrogens with one attached hydrogen (secondary N) is 1. The maximum Gasteiger partial charge on any atom is 0.264 e. The summed E-state index contributed by atoms with van der Waals surface area (Å²) in [6.45, 7) is 3.43. The smallest absolute Gasteiger partial charge is 0.264 e. The molecule has 0 unspecified atom stereocenters. The minimum absolute atomic E-state index is 0.00261. The van der Waals surface area contributed by atoms with E-state index in [0.717, 1.165) is 12.3 Å². The number of nitrogen functional groups attached to an aromatic ring is 1. The van der Waals surface area contributed by atoms with E-state index in [1.54, 1.807) is 0 Å². The van der Waals surface area contributed by atoms with Crippen molar-refractivity contribution in [3.8, 4) is 11.4 Å². The Labute approximate surface area is 160 Å². The summed E-state index contributed by atoms with van der Waals surface area (Å²) >= 11 is 0. The van der Waals surface area contributed by atoms with Crippen molar-refractivity contribution in [3.05, 3.63) is 29.7 Å². The summed E-state index contributed by atoms with van der Waals surface area (Å²) in [6, 6.07) is 1.07. The number of hydrogen-bond acceptors (Lipinski definition) is 9. The number of pyridine rings is 1. The van der Waals surface area contributed by atoms with Crippen LogP contribution < -0.4 is 16.4 Å². The normalized spacial score (nSPS) is 17.8. The van der Waals surface area contributed by atoms with Crippen LogP contribution in [0.15, 0.2) is 18.3 Å². The summed E-state index contributed by atoms with van der Waals surface area (Å²) in [5.41, 5.74) is 11.3. The Kier molecular flexibility index (Phi) is 5.73. The van der Waals surface area contributed by atoms with Gasteiger partial charge in [-0.3, -0.25) is 0 Å². The van der Waals surface area contributed by atoms with Crippen molar-refractivity contribution in [3.63, 3.8) is 0 Å². The third-order valence-electron chi connectivity index (χ3n) is 4.20. The number of ether oxygens (including phenoxy) is 1. The van der Waals surface area contributed by atoms with Gasteiger partial charge in [0.2, 0.25) is 5.95 Å². The Morgan fingerprint density at radius 1 is 1.39 bits per heavy atom. The summed E-state index contributed by atoms with van der Waals surface area (Å²) < 4.78 is 32.5. The molecule has 28 heavy (non-hydrogen) atoms. The van der Waals surface area contributed by atoms with Crippen LogP contribution in [0.2, 0.25) is 0 Å². The lowest BCUT2D eigenvalue weighted by Gasteiger charge is -2.33. The van der Waals surface area contributed by atoms with Gasteiger partial charge in [-0.25, -0.2) is 18.7 Å². The van der Waals surface area contributed by atoms with Gasteiger partial charge in [0.25, 0.3) is 6.43 Å². The number of hydrogen-bond donors (Lipinski definition) is 3. The number of alkyl halides is 2. The number of allylic oxidation sites excluding steroid dienone is 1. The second-order valence-corrected chi connectivity index (χ2v) is 6.19. The van der Waals surface area contributed by atoms with E-state index in [1.807, 2.05) is 11.8 Å². The standard InChI is InChI=1S/C17H20F2N8O/c1-9-8-28-5-4-27(9)17-25-15(24-16(26-17)12(21)2-3-20)11-7-23-13(22)6-10(11)14(18)19/h2-3,6-7,9,14,20H,4-5,8,21H2,1H3,(H2,22,23)/b12-2-,20-3?/t9-/m1/s1. The minimum atomic E-state index is -2.79. The molecule has 3 heterocycles. The molecule has 1 fully saturated rings. The lowest BCUT2D eigenvalue weighted by Crippen LogP contribution is -2.44. The van der Waals surface area contributed by atoms with Crippen LogP contribution in [0.1, 0.15) is 24.7 Å². The van der Waals surface area contributed by atoms with Crippen LogP contribution in [0.5, 0.6) is 0 Å². The van der Waals surface area contributed by atoms with E-state index >= 15 is 0 Å². The number of halogens is 2. The zero-order valence-electron chi connectivity index (χ0n) is 15.1. The van der Waals surface area contributed by atoms with Crippen molar-refractivity contribution >= 4 is 23.7 Å². The monoisotopic (exact) mass is 390 g/mol. The third-order valence-corrected chi connectivity index (χ3v) is 4.20. The molecule has 9 nitrogen and oxygen atoms in total. The predicted octanol–water partition coefficient (Wildman–Crippen LogP) is 1.63. The highest BCUT2D eigenvalue weighted by atomic mass is 19.3. The number of anilines is 2. The zero-order valence-corrected chi connectivity index (χ0v) is 15.1. The SMILES string of the molecule is C[C@@H]1COCCN1c1nc(/C(N)=C/C=N)nc(-c2cnc(N)cc2C(F)F)n1. The fraction of sp³-hybridized carbons (Fsp3) is 0.353. The molecule has 0 saturated carbocycles. The highest BCUT2D eigenvalue weighted by Crippen LogP contribution is 2.31. The fourth-order valence-corrected chi connectivity index (χ4v) is 2.79. The van der Waals surface area contributed by atoms with Gasteiger partial charge >= 0.3 is 0 Å². The average molecular weight is 390 g/mol. The molecule has 0 spiro atoms. The molecule has 0 aromatic carbocycles. The van der Waals surface area contributed by atoms with Gasteiger partial charge in [-0.1, -0.05) is 0 Å². The molecular weight excluding hydrogens is 370 g/mol. The average Bonchev–Trinajstić information content (AvgIpc) is 2.68. The molecule has 148 valence electrons. The molecule has 0 bridgehead atoms. The van der Waals surface area contributed by atoms with E-state index in [1.165, 1.54) is 12.3 Å². The second-order valence-electron chi connectivity index (χ2n) is 6.19. The summed E-state index contributed by atoms with van der Waals surface area (Å²) in [5, 5.41) is 7.19. The molecule has 1 saturated heterocycles. The molecule has 2 aromatic rings. The first-order valence-corrected chi connectivity index (χ1v) is 8.51. The van der Waals surface area contributed by atoms with E-state index < -0.39 is 6.43 Å². The van der Waals surface area contributed by atoms with Crippen molar-refractivity contribution in [2.45, 2.75) is 19.4 Å². The third kappa shape index (κ3) is 4.03. The van der Waals surface area contributed by atoms with Crippen LogP contribution >= 0.6 is 0 Å². The first-order valence-electron chi connectivity index (χ1n) is 8.51. The van der Waals surface area contributed by atoms with Gasteiger partial charge < -0.3 is 26.5 Å². The molecule has 5 N–H and O–H groups in total. The van der Waals surface area contributed by atoms with Gasteiger partial charge in [0.05, 0.1) is 25.0 Å². The van der Waals surface area contributed by atoms with Crippen molar-refractivity contribution in [2.75, 3.05) is 30.4 Å². The van der Waals surface area contributed by atoms with Crippen molar-refractivity contribution in [1.29, 1.82) is 5.41 Å². The molecule has 1 aliphatic rings. The van der Waals surface area contributed by atoms with E-state index in [2.05, 4.69) is 19.9 Å². The summed E-state index contributed by atoms with van der Waals surface area (Å²) in [5.74, 6) is 0.342. The lowest BCUT2D eigenvalue weighted by atomic mass is 10.1. The van der Waals surface area contributed by atoms with E-state index in [9.17, 15) is 8.78 Å². The Bertz CT molecular complexity index is 905. The number of rotatable bonds is 5. The van der Waals surface area contributed by atoms with Crippen LogP contribution in [0.25, 0.3) is 17.1 Å². The zero-order chi connectivity index (χ0) is 20.3. The molecule has 1 atom stereocenters. The quantitative estimate of drug-likeness (QED) is 0.655. The van der Waals surface area contributed by atoms with Crippen molar-refractivity contribution in [1.82, 2.24) is 19.9 Å². The lowest BCUT2D eigenvalue weighted by molar-refractivity contribution is 0.0980. The topological polar surface area (TPSA) is 140 Å². The van der Waals surface area contributed by atoms with Crippen LogP contribution in [0.3, 0.4) is 0 Å². The van der Waals surface area contributed by atoms with E-state index in [4.69, 9.17) is 21.6 Å². The van der Waals surface area contributed by atoms with Gasteiger partial charge in [0.1, 0.15) is 5.82 Å². The number of aromatic nitrogens is 4. The number of nitrogens with zero attached hydrogens (tertiary/aromatic N) is 5. The summed E-state index contributed by atoms with van der Waals surface area (Å²) in [6.07, 6.45) is 0.714. The molecule has 0 aliphatic carbocycles. The van der Waals surface area contributed by atoms with Crippen LogP contribution in [-0.2, 0) is 4.74 Å². The molecule has 2 aromatic heterocycles. The Morgan fingerprint density at radius 2 is 2.18 bits per heavy atom. The van der Waals surface area contributed by atoms with Gasteiger partial charge in [0, 0.05) is 30.1 Å². The maximum atomic E-state index is 13.5. The molecule has 0 radical (unpaired) electrons. The molecule has 11 heteroatoms. The van der Waals surface area contributed by atoms with Crippen molar-refractivity contribution in [2.24, 2.45) is 5.73 Å². The van der Waals surface area contributed by atoms with Gasteiger partial charge in [0.15, 0.2) is 11.6 Å². The van der Waals surface area contributed by atoms with Crippen LogP contribution in [-0.4, -0.2) is 52.0 Å². The first kappa shape index (κ1) is 19.5. The largest absolute Gasteiger partial charge is 0.396 e. The highest BCUT2D eigenvalue weighted by Gasteiger charge is 2.25. The molecular formula is C17H20F2N8O. The Balaban J connectivity index is 2.18. The van der Waals surface area contributed by atoms with E-state index in [-0.39, 0.29) is 46.3 Å². The van der Waals surface area contributed by atoms with Crippen LogP contribution in [0, 0.1) is 5.41 Å². The van der Waals surface area contributed by atoms with Crippen LogP contribution in [0.4, 0.5) is 20.5 Å². The highest BCUT2D eigenvalue weighted by molar-refractivity contribution is 5.80. The molecule has 3 rings (SSSR count). The summed E-state index contributed by atoms with van der Waals surface area (Å²) in [7, 11) is 0. The van der Waals surface area contributed by atoms with E-state index in [0.29, 0.717) is 19.8 Å². The van der Waals surface area contributed by atoms with Gasteiger partial charge in [-0.05, 0) is 19.1 Å². The van der Waals surface area contributed by atoms with Gasteiger partial charge in [-0.2, -0.15) is 9.97 Å². The molecule has 0 amide bonds. The molecule has 1 aliphatic heterocycles. The van der Waals surface area contributed by atoms with Gasteiger partial charge in [-0.15, -0.1) is 0 Å². The summed E-state index contributed by atoms with van der Waals surface area (Å²) in [4.78, 5) is 18.8. The first-order chi connectivity index (χ1) is 13.4. The minimum Gasteiger partial charge on any atom is -0.396 e. The Hall–Kier alpha value is -3.21.